The average Bonchev–Trinajstić information content (AvgIpc) is 3.26. The summed E-state index contributed by atoms with van der Waals surface area (Å²) in [5.41, 5.74) is 8.19. The Labute approximate surface area is 313 Å². The van der Waals surface area contributed by atoms with Crippen LogP contribution in [0.25, 0.3) is 77.0 Å². The molecule has 2 heterocycles. The van der Waals surface area contributed by atoms with Crippen molar-refractivity contribution in [2.75, 3.05) is 0 Å². The predicted molar refractivity (Wildman–Crippen MR) is 228 cm³/mol. The van der Waals surface area contributed by atoms with E-state index in [1.54, 1.807) is 0 Å². The first kappa shape index (κ1) is 32.0. The van der Waals surface area contributed by atoms with Gasteiger partial charge in [0.25, 0.3) is 0 Å². The third-order valence-corrected chi connectivity index (χ3v) is 13.6. The molecule has 0 radical (unpaired) electrons. The van der Waals surface area contributed by atoms with E-state index in [-0.39, 0.29) is 0 Å². The second kappa shape index (κ2) is 13.1. The van der Waals surface area contributed by atoms with Gasteiger partial charge in [0.05, 0.1) is 22.4 Å². The Morgan fingerprint density at radius 2 is 0.889 bits per heavy atom. The first-order valence-corrected chi connectivity index (χ1v) is 19.9. The molecule has 4 heteroatoms. The number of benzene rings is 8. The van der Waals surface area contributed by atoms with E-state index in [0.717, 1.165) is 92.9 Å². The summed E-state index contributed by atoms with van der Waals surface area (Å²) >= 11 is 0. The number of pyridine rings is 2. The minimum Gasteiger partial charge on any atom is -0.309 e. The molecule has 0 fully saturated rings. The molecular formula is C50H33N2OP. The van der Waals surface area contributed by atoms with Crippen molar-refractivity contribution in [3.05, 3.63) is 200 Å². The molecule has 0 bridgehead atoms. The Morgan fingerprint density at radius 1 is 0.352 bits per heavy atom. The summed E-state index contributed by atoms with van der Waals surface area (Å²) in [4.78, 5) is 10.4. The topological polar surface area (TPSA) is 42.9 Å². The van der Waals surface area contributed by atoms with Crippen LogP contribution >= 0.6 is 7.14 Å². The Hall–Kier alpha value is -6.67. The molecule has 0 aliphatic heterocycles. The second-order valence-corrected chi connectivity index (χ2v) is 16.5. The molecule has 0 spiro atoms. The van der Waals surface area contributed by atoms with Crippen LogP contribution < -0.4 is 15.9 Å². The summed E-state index contributed by atoms with van der Waals surface area (Å²) in [5.74, 6) is 0. The fraction of sp³-hybridized carbons (Fsp3) is 0. The molecular weight excluding hydrogens is 676 g/mol. The molecule has 254 valence electrons. The predicted octanol–water partition coefficient (Wildman–Crippen LogP) is 11.7. The van der Waals surface area contributed by atoms with Gasteiger partial charge in [0.1, 0.15) is 0 Å². The fourth-order valence-corrected chi connectivity index (χ4v) is 10.5. The van der Waals surface area contributed by atoms with E-state index in [1.807, 2.05) is 91.0 Å². The Kier molecular flexibility index (Phi) is 7.75. The van der Waals surface area contributed by atoms with Crippen LogP contribution in [0.5, 0.6) is 0 Å². The average molecular weight is 709 g/mol. The number of hydrogen-bond donors (Lipinski definition) is 0. The molecule has 0 aliphatic rings. The first-order chi connectivity index (χ1) is 26.6. The summed E-state index contributed by atoms with van der Waals surface area (Å²) < 4.78 is 15.0. The lowest BCUT2D eigenvalue weighted by Gasteiger charge is -2.20. The lowest BCUT2D eigenvalue weighted by atomic mass is 9.94. The number of aromatic nitrogens is 2. The molecule has 0 unspecified atom stereocenters. The molecule has 2 aromatic heterocycles. The maximum Gasteiger partial charge on any atom is 0.171 e. The van der Waals surface area contributed by atoms with Crippen LogP contribution in [-0.2, 0) is 4.57 Å². The SMILES string of the molecule is O=P(c1ccccc1)(c1ccccc1)c1ccc2cc(-c3ccc4nc(-c5ccccc5)c5c6ccc(-c7ccccc7)nc6ccc5c4c3)ccc2c1. The molecule has 54 heavy (non-hydrogen) atoms. The van der Waals surface area contributed by atoms with E-state index < -0.39 is 7.14 Å². The molecule has 10 aromatic rings. The van der Waals surface area contributed by atoms with E-state index in [9.17, 15) is 0 Å². The van der Waals surface area contributed by atoms with Gasteiger partial charge in [-0.1, -0.05) is 158 Å². The molecule has 0 atom stereocenters. The Balaban J connectivity index is 1.11. The Morgan fingerprint density at radius 3 is 1.59 bits per heavy atom. The minimum atomic E-state index is -3.08. The quantitative estimate of drug-likeness (QED) is 0.128. The van der Waals surface area contributed by atoms with E-state index in [1.165, 1.54) is 0 Å². The zero-order valence-electron chi connectivity index (χ0n) is 29.3. The van der Waals surface area contributed by atoms with Crippen LogP contribution in [0.1, 0.15) is 0 Å². The summed E-state index contributed by atoms with van der Waals surface area (Å²) in [7, 11) is -3.08. The molecule has 0 saturated heterocycles. The van der Waals surface area contributed by atoms with Crippen LogP contribution in [0.3, 0.4) is 0 Å². The maximum atomic E-state index is 15.0. The lowest BCUT2D eigenvalue weighted by molar-refractivity contribution is 0.592. The molecule has 0 N–H and O–H groups in total. The van der Waals surface area contributed by atoms with Crippen LogP contribution in [0, 0.1) is 0 Å². The van der Waals surface area contributed by atoms with E-state index in [0.29, 0.717) is 0 Å². The number of rotatable bonds is 6. The highest BCUT2D eigenvalue weighted by atomic mass is 31.2. The van der Waals surface area contributed by atoms with Crippen molar-refractivity contribution in [2.24, 2.45) is 0 Å². The second-order valence-electron chi connectivity index (χ2n) is 13.7. The molecule has 10 rings (SSSR count). The van der Waals surface area contributed by atoms with Gasteiger partial charge in [-0.15, -0.1) is 0 Å². The van der Waals surface area contributed by atoms with Crippen LogP contribution in [0.4, 0.5) is 0 Å². The van der Waals surface area contributed by atoms with Gasteiger partial charge in [-0.25, -0.2) is 9.97 Å². The van der Waals surface area contributed by atoms with Gasteiger partial charge in [-0.3, -0.25) is 0 Å². The minimum absolute atomic E-state index is 0.829. The number of nitrogens with zero attached hydrogens (tertiary/aromatic N) is 2. The maximum absolute atomic E-state index is 15.0. The summed E-state index contributed by atoms with van der Waals surface area (Å²) in [5, 5.41) is 9.06. The highest BCUT2D eigenvalue weighted by Gasteiger charge is 2.29. The summed E-state index contributed by atoms with van der Waals surface area (Å²) in [6.45, 7) is 0. The van der Waals surface area contributed by atoms with Crippen LogP contribution in [0.15, 0.2) is 200 Å². The fourth-order valence-electron chi connectivity index (χ4n) is 7.80. The standard InChI is InChI=1S/C50H33N2OP/c53-54(40-17-9-3-10-18-40,41-19-11-4-12-20-41)42-25-23-37-31-36(21-22-38(37)32-42)39-24-28-48-45(33-39)43-26-30-47-44(27-29-46(51-47)34-13-5-1-6-14-34)49(43)50(52-48)35-15-7-2-8-16-35/h1-33H. The highest BCUT2D eigenvalue weighted by molar-refractivity contribution is 7.85. The molecule has 0 saturated carbocycles. The van der Waals surface area contributed by atoms with Gasteiger partial charge in [0, 0.05) is 43.2 Å². The normalized spacial score (nSPS) is 11.8. The third kappa shape index (κ3) is 5.41. The van der Waals surface area contributed by atoms with Gasteiger partial charge in [-0.2, -0.15) is 0 Å². The first-order valence-electron chi connectivity index (χ1n) is 18.2. The smallest absolute Gasteiger partial charge is 0.171 e. The van der Waals surface area contributed by atoms with Crippen molar-refractivity contribution in [3.8, 4) is 33.6 Å². The van der Waals surface area contributed by atoms with E-state index >= 15 is 4.57 Å². The van der Waals surface area contributed by atoms with Gasteiger partial charge < -0.3 is 4.57 Å². The third-order valence-electron chi connectivity index (χ3n) is 10.5. The lowest BCUT2D eigenvalue weighted by Crippen LogP contribution is -2.24. The molecule has 0 aliphatic carbocycles. The highest BCUT2D eigenvalue weighted by Crippen LogP contribution is 2.43. The molecule has 0 amide bonds. The van der Waals surface area contributed by atoms with Crippen molar-refractivity contribution in [2.45, 2.75) is 0 Å². The Bertz CT molecular complexity index is 3010. The van der Waals surface area contributed by atoms with Crippen LogP contribution in [-0.4, -0.2) is 9.97 Å². The zero-order valence-corrected chi connectivity index (χ0v) is 30.2. The summed E-state index contributed by atoms with van der Waals surface area (Å²) in [6.07, 6.45) is 0. The summed E-state index contributed by atoms with van der Waals surface area (Å²) in [6, 6.07) is 68.5. The largest absolute Gasteiger partial charge is 0.309 e. The van der Waals surface area contributed by atoms with E-state index in [2.05, 4.69) is 109 Å². The molecule has 3 nitrogen and oxygen atoms in total. The van der Waals surface area contributed by atoms with Crippen molar-refractivity contribution in [3.63, 3.8) is 0 Å². The number of hydrogen-bond acceptors (Lipinski definition) is 3. The van der Waals surface area contributed by atoms with Crippen LogP contribution in [0.2, 0.25) is 0 Å². The van der Waals surface area contributed by atoms with Crippen molar-refractivity contribution >= 4 is 66.4 Å². The van der Waals surface area contributed by atoms with Crippen molar-refractivity contribution in [1.29, 1.82) is 0 Å². The zero-order chi connectivity index (χ0) is 36.1. The van der Waals surface area contributed by atoms with Gasteiger partial charge >= 0.3 is 0 Å². The van der Waals surface area contributed by atoms with Gasteiger partial charge in [-0.05, 0) is 69.8 Å². The van der Waals surface area contributed by atoms with Crippen molar-refractivity contribution < 1.29 is 4.57 Å². The van der Waals surface area contributed by atoms with E-state index in [4.69, 9.17) is 9.97 Å². The van der Waals surface area contributed by atoms with Gasteiger partial charge in [0.2, 0.25) is 0 Å². The monoisotopic (exact) mass is 708 g/mol. The van der Waals surface area contributed by atoms with Gasteiger partial charge in [0.15, 0.2) is 7.14 Å². The van der Waals surface area contributed by atoms with Crippen molar-refractivity contribution in [1.82, 2.24) is 9.97 Å². The number of fused-ring (bicyclic) bond motifs is 6. The molecule has 8 aromatic carbocycles.